The lowest BCUT2D eigenvalue weighted by molar-refractivity contribution is 0.235. The van der Waals surface area contributed by atoms with E-state index < -0.39 is 0 Å². The number of hydrogen-bond donors (Lipinski definition) is 0. The Morgan fingerprint density at radius 3 is 1.77 bits per heavy atom. The van der Waals surface area contributed by atoms with Crippen molar-refractivity contribution in [2.75, 3.05) is 27.2 Å². The van der Waals surface area contributed by atoms with E-state index in [0.29, 0.717) is 10.8 Å². The van der Waals surface area contributed by atoms with Gasteiger partial charge in [0.25, 0.3) is 0 Å². The molecule has 0 amide bonds. The highest BCUT2D eigenvalue weighted by molar-refractivity contribution is 5.43. The van der Waals surface area contributed by atoms with Gasteiger partial charge in [-0.3, -0.25) is 0 Å². The summed E-state index contributed by atoms with van der Waals surface area (Å²) in [5.74, 6) is 0. The third-order valence-corrected chi connectivity index (χ3v) is 7.43. The van der Waals surface area contributed by atoms with Crippen LogP contribution in [0.15, 0.2) is 36.4 Å². The third-order valence-electron chi connectivity index (χ3n) is 7.43. The van der Waals surface area contributed by atoms with Crippen LogP contribution in [0.3, 0.4) is 0 Å². The summed E-state index contributed by atoms with van der Waals surface area (Å²) in [5.41, 5.74) is 10.1. The monoisotopic (exact) mass is 404 g/mol. The molecule has 0 radical (unpaired) electrons. The molecular formula is C28H40N2. The number of rotatable bonds is 2. The van der Waals surface area contributed by atoms with E-state index in [-0.39, 0.29) is 0 Å². The number of benzene rings is 2. The fourth-order valence-electron chi connectivity index (χ4n) is 5.81. The van der Waals surface area contributed by atoms with Crippen molar-refractivity contribution in [3.05, 3.63) is 69.8 Å². The highest BCUT2D eigenvalue weighted by Crippen LogP contribution is 2.52. The Balaban J connectivity index is 0.000000145. The molecule has 2 heterocycles. The van der Waals surface area contributed by atoms with E-state index >= 15 is 0 Å². The van der Waals surface area contributed by atoms with Crippen LogP contribution in [-0.2, 0) is 36.8 Å². The van der Waals surface area contributed by atoms with Gasteiger partial charge in [0.05, 0.1) is 0 Å². The number of hydrogen-bond acceptors (Lipinski definition) is 2. The van der Waals surface area contributed by atoms with E-state index in [9.17, 15) is 0 Å². The maximum Gasteiger partial charge on any atom is 0.0234 e. The van der Waals surface area contributed by atoms with Crippen molar-refractivity contribution < 1.29 is 0 Å². The lowest BCUT2D eigenvalue weighted by atomic mass is 9.78. The molecule has 1 spiro atoms. The Hall–Kier alpha value is -1.64. The quantitative estimate of drug-likeness (QED) is 0.634. The molecule has 0 atom stereocenters. The molecule has 1 fully saturated rings. The summed E-state index contributed by atoms with van der Waals surface area (Å²) in [4.78, 5) is 4.90. The number of nitrogens with zero attached hydrogens (tertiary/aromatic N) is 2. The molecule has 2 aromatic rings. The van der Waals surface area contributed by atoms with Gasteiger partial charge in [-0.15, -0.1) is 0 Å². The molecule has 30 heavy (non-hydrogen) atoms. The predicted molar refractivity (Wildman–Crippen MR) is 128 cm³/mol. The standard InChI is InChI=1S/C14H19N.C14H21N/c1-3-11-4-5-13-12(8-11)9-15(2)10-14(13)6-7-14;1-5-11-6-7-13-12(8-11)9-15(4)10-14(13,2)3/h4-5,8H,3,6-7,9-10H2,1-2H3;6-8H,5,9-10H2,1-4H3. The fraction of sp³-hybridized carbons (Fsp3) is 0.571. The van der Waals surface area contributed by atoms with Crippen molar-refractivity contribution in [3.63, 3.8) is 0 Å². The second-order valence-electron chi connectivity index (χ2n) is 10.7. The maximum atomic E-state index is 2.48. The minimum absolute atomic E-state index is 0.300. The van der Waals surface area contributed by atoms with E-state index in [1.807, 2.05) is 0 Å². The summed E-state index contributed by atoms with van der Waals surface area (Å²) in [6.07, 6.45) is 5.09. The van der Waals surface area contributed by atoms with Crippen LogP contribution in [0.5, 0.6) is 0 Å². The molecule has 3 aliphatic rings. The van der Waals surface area contributed by atoms with E-state index in [1.165, 1.54) is 41.6 Å². The average molecular weight is 405 g/mol. The summed E-state index contributed by atoms with van der Waals surface area (Å²) in [6, 6.07) is 14.1. The lowest BCUT2D eigenvalue weighted by Gasteiger charge is -2.38. The van der Waals surface area contributed by atoms with E-state index in [0.717, 1.165) is 32.5 Å². The van der Waals surface area contributed by atoms with Gasteiger partial charge in [-0.25, -0.2) is 0 Å². The molecular weight excluding hydrogens is 364 g/mol. The van der Waals surface area contributed by atoms with Crippen molar-refractivity contribution in [1.29, 1.82) is 0 Å². The Kier molecular flexibility index (Phi) is 5.85. The van der Waals surface area contributed by atoms with Gasteiger partial charge in [-0.2, -0.15) is 0 Å². The average Bonchev–Trinajstić information content (AvgIpc) is 3.46. The van der Waals surface area contributed by atoms with Crippen molar-refractivity contribution in [2.24, 2.45) is 0 Å². The van der Waals surface area contributed by atoms with Gasteiger partial charge in [0.1, 0.15) is 0 Å². The Morgan fingerprint density at radius 2 is 1.23 bits per heavy atom. The lowest BCUT2D eigenvalue weighted by Crippen LogP contribution is -2.39. The van der Waals surface area contributed by atoms with Crippen LogP contribution in [-0.4, -0.2) is 37.0 Å². The highest BCUT2D eigenvalue weighted by Gasteiger charge is 2.48. The van der Waals surface area contributed by atoms with Crippen LogP contribution >= 0.6 is 0 Å². The Labute approximate surface area is 184 Å². The second kappa shape index (κ2) is 8.13. The molecule has 2 heteroatoms. The molecule has 0 aromatic heterocycles. The van der Waals surface area contributed by atoms with Crippen LogP contribution in [0.25, 0.3) is 0 Å². The minimum Gasteiger partial charge on any atom is -0.301 e. The molecule has 0 unspecified atom stereocenters. The van der Waals surface area contributed by atoms with Gasteiger partial charge in [0, 0.05) is 37.0 Å². The van der Waals surface area contributed by atoms with Gasteiger partial charge in [0.15, 0.2) is 0 Å². The minimum atomic E-state index is 0.300. The molecule has 2 aliphatic heterocycles. The molecule has 1 saturated carbocycles. The SMILES string of the molecule is CCc1ccc2c(c1)CN(C)CC2(C)C.CCc1ccc2c(c1)CN(C)CC21CC1. The summed E-state index contributed by atoms with van der Waals surface area (Å²) in [6.45, 7) is 13.8. The predicted octanol–water partition coefficient (Wildman–Crippen LogP) is 5.70. The normalized spacial score (nSPS) is 21.4. The van der Waals surface area contributed by atoms with Gasteiger partial charge < -0.3 is 9.80 Å². The molecule has 5 rings (SSSR count). The molecule has 0 bridgehead atoms. The van der Waals surface area contributed by atoms with Crippen LogP contribution < -0.4 is 0 Å². The van der Waals surface area contributed by atoms with Gasteiger partial charge in [-0.05, 0) is 73.2 Å². The zero-order valence-corrected chi connectivity index (χ0v) is 20.0. The molecule has 0 saturated heterocycles. The fourth-order valence-corrected chi connectivity index (χ4v) is 5.81. The molecule has 2 aromatic carbocycles. The maximum absolute atomic E-state index is 2.48. The third kappa shape index (κ3) is 4.22. The van der Waals surface area contributed by atoms with Gasteiger partial charge >= 0.3 is 0 Å². The van der Waals surface area contributed by atoms with Crippen molar-refractivity contribution in [3.8, 4) is 0 Å². The summed E-state index contributed by atoms with van der Waals surface area (Å²) in [5, 5.41) is 0. The van der Waals surface area contributed by atoms with Gasteiger partial charge in [0.2, 0.25) is 0 Å². The summed E-state index contributed by atoms with van der Waals surface area (Å²) < 4.78 is 0. The van der Waals surface area contributed by atoms with Crippen molar-refractivity contribution in [1.82, 2.24) is 9.80 Å². The first-order valence-electron chi connectivity index (χ1n) is 11.9. The molecule has 2 nitrogen and oxygen atoms in total. The van der Waals surface area contributed by atoms with Crippen molar-refractivity contribution in [2.45, 2.75) is 77.3 Å². The van der Waals surface area contributed by atoms with Crippen LogP contribution in [0, 0.1) is 0 Å². The van der Waals surface area contributed by atoms with E-state index in [2.05, 4.69) is 88.0 Å². The van der Waals surface area contributed by atoms with Crippen LogP contribution in [0.1, 0.15) is 73.9 Å². The Morgan fingerprint density at radius 1 is 0.733 bits per heavy atom. The first kappa shape index (κ1) is 21.6. The smallest absolute Gasteiger partial charge is 0.0234 e. The largest absolute Gasteiger partial charge is 0.301 e. The van der Waals surface area contributed by atoms with E-state index in [1.54, 1.807) is 11.1 Å². The Bertz CT molecular complexity index is 843. The zero-order chi connectivity index (χ0) is 21.5. The van der Waals surface area contributed by atoms with Crippen LogP contribution in [0.2, 0.25) is 0 Å². The zero-order valence-electron chi connectivity index (χ0n) is 20.0. The number of fused-ring (bicyclic) bond motifs is 3. The molecule has 0 N–H and O–H groups in total. The second-order valence-corrected chi connectivity index (χ2v) is 10.7. The van der Waals surface area contributed by atoms with Gasteiger partial charge in [-0.1, -0.05) is 64.1 Å². The molecule has 1 aliphatic carbocycles. The number of likely N-dealkylation sites (N-methyl/N-ethyl adjacent to an activating group) is 2. The van der Waals surface area contributed by atoms with Crippen molar-refractivity contribution >= 4 is 0 Å². The summed E-state index contributed by atoms with van der Waals surface area (Å²) >= 11 is 0. The highest BCUT2D eigenvalue weighted by atomic mass is 15.1. The first-order chi connectivity index (χ1) is 14.3. The number of aryl methyl sites for hydroxylation is 2. The summed E-state index contributed by atoms with van der Waals surface area (Å²) in [7, 11) is 4.46. The topological polar surface area (TPSA) is 6.48 Å². The first-order valence-corrected chi connectivity index (χ1v) is 11.9. The van der Waals surface area contributed by atoms with E-state index in [4.69, 9.17) is 0 Å². The van der Waals surface area contributed by atoms with Crippen LogP contribution in [0.4, 0.5) is 0 Å². The molecule has 162 valence electrons.